The number of carbonyl (C=O) groups excluding carboxylic acids is 1. The van der Waals surface area contributed by atoms with Crippen LogP contribution < -0.4 is 4.74 Å². The highest BCUT2D eigenvalue weighted by Gasteiger charge is 2.18. The Hall–Kier alpha value is -2.94. The van der Waals surface area contributed by atoms with E-state index in [1.807, 2.05) is 14.0 Å². The lowest BCUT2D eigenvalue weighted by Gasteiger charge is -2.08. The second-order valence-corrected chi connectivity index (χ2v) is 6.40. The van der Waals surface area contributed by atoms with Gasteiger partial charge in [-0.05, 0) is 19.1 Å². The monoisotopic (exact) mass is 361 g/mol. The van der Waals surface area contributed by atoms with Crippen molar-refractivity contribution < 1.29 is 19.2 Å². The van der Waals surface area contributed by atoms with Gasteiger partial charge in [0.1, 0.15) is 22.1 Å². The van der Waals surface area contributed by atoms with Crippen molar-refractivity contribution in [1.82, 2.24) is 9.78 Å². The van der Waals surface area contributed by atoms with Crippen LogP contribution in [0, 0.1) is 17.0 Å². The van der Waals surface area contributed by atoms with E-state index in [0.717, 1.165) is 15.9 Å². The molecule has 130 valence electrons. The van der Waals surface area contributed by atoms with Crippen LogP contribution >= 0.6 is 11.3 Å². The molecule has 2 heterocycles. The fraction of sp³-hybridized carbons (Fsp3) is 0.250. The number of nitrogens with zero attached hydrogens (tertiary/aromatic N) is 3. The first kappa shape index (κ1) is 16.9. The number of hydrogen-bond acceptors (Lipinski definition) is 7. The number of benzene rings is 1. The third-order valence-electron chi connectivity index (χ3n) is 3.73. The Morgan fingerprint density at radius 1 is 1.40 bits per heavy atom. The lowest BCUT2D eigenvalue weighted by atomic mass is 10.2. The highest BCUT2D eigenvalue weighted by atomic mass is 32.1. The van der Waals surface area contributed by atoms with E-state index in [1.165, 1.54) is 36.6 Å². The number of methoxy groups -OCH3 is 1. The van der Waals surface area contributed by atoms with Gasteiger partial charge in [0.15, 0.2) is 0 Å². The summed E-state index contributed by atoms with van der Waals surface area (Å²) >= 11 is 1.29. The molecule has 0 atom stereocenters. The molecule has 3 aromatic rings. The summed E-state index contributed by atoms with van der Waals surface area (Å²) in [5.41, 5.74) is 1.19. The number of nitro groups is 1. The largest absolute Gasteiger partial charge is 0.496 e. The van der Waals surface area contributed by atoms with Crippen LogP contribution in [0.1, 0.15) is 20.9 Å². The van der Waals surface area contributed by atoms with Crippen molar-refractivity contribution >= 4 is 33.2 Å². The average Bonchev–Trinajstić information content (AvgIpc) is 3.14. The fourth-order valence-electron chi connectivity index (χ4n) is 2.51. The van der Waals surface area contributed by atoms with Gasteiger partial charge in [0, 0.05) is 30.1 Å². The molecule has 3 rings (SSSR count). The number of hydrogen-bond donors (Lipinski definition) is 0. The Morgan fingerprint density at radius 3 is 2.80 bits per heavy atom. The summed E-state index contributed by atoms with van der Waals surface area (Å²) in [5.74, 6) is -0.0658. The molecule has 1 aromatic carbocycles. The van der Waals surface area contributed by atoms with E-state index < -0.39 is 10.9 Å². The molecule has 0 amide bonds. The number of thiophene rings is 1. The number of rotatable bonds is 5. The van der Waals surface area contributed by atoms with Gasteiger partial charge in [0.25, 0.3) is 5.69 Å². The molecule has 0 aliphatic carbocycles. The molecule has 2 aromatic heterocycles. The second kappa shape index (κ2) is 6.52. The first-order valence-electron chi connectivity index (χ1n) is 7.32. The van der Waals surface area contributed by atoms with Gasteiger partial charge < -0.3 is 9.47 Å². The van der Waals surface area contributed by atoms with Crippen LogP contribution in [0.25, 0.3) is 10.2 Å². The van der Waals surface area contributed by atoms with Gasteiger partial charge in [-0.3, -0.25) is 14.8 Å². The molecule has 8 nitrogen and oxygen atoms in total. The number of aryl methyl sites for hydroxylation is 2. The van der Waals surface area contributed by atoms with Crippen LogP contribution in [0.2, 0.25) is 0 Å². The molecular weight excluding hydrogens is 346 g/mol. The number of carbonyl (C=O) groups is 1. The summed E-state index contributed by atoms with van der Waals surface area (Å²) in [4.78, 5) is 24.0. The molecule has 9 heteroatoms. The average molecular weight is 361 g/mol. The zero-order valence-corrected chi connectivity index (χ0v) is 14.6. The van der Waals surface area contributed by atoms with Gasteiger partial charge in [0.2, 0.25) is 0 Å². The Morgan fingerprint density at radius 2 is 2.16 bits per heavy atom. The van der Waals surface area contributed by atoms with Crippen molar-refractivity contribution in [3.05, 3.63) is 50.5 Å². The third-order valence-corrected chi connectivity index (χ3v) is 4.91. The van der Waals surface area contributed by atoms with Crippen molar-refractivity contribution in [1.29, 1.82) is 0 Å². The lowest BCUT2D eigenvalue weighted by molar-refractivity contribution is -0.385. The Bertz CT molecular complexity index is 941. The first-order valence-corrected chi connectivity index (χ1v) is 8.14. The standard InChI is InChI=1S/C16H15N3O5S/c1-9-12-7-14(25-15(12)18(2)17-9)16(20)24-8-10-6-11(19(21)22)4-5-13(10)23-3/h4-7H,8H2,1-3H3. The van der Waals surface area contributed by atoms with Crippen molar-refractivity contribution in [2.45, 2.75) is 13.5 Å². The molecule has 0 N–H and O–H groups in total. The fourth-order valence-corrected chi connectivity index (χ4v) is 3.53. The molecule has 0 aliphatic heterocycles. The van der Waals surface area contributed by atoms with Gasteiger partial charge >= 0.3 is 5.97 Å². The Labute approximate surface area is 146 Å². The molecule has 25 heavy (non-hydrogen) atoms. The van der Waals surface area contributed by atoms with Crippen LogP contribution in [-0.4, -0.2) is 27.8 Å². The molecule has 0 aliphatic rings. The van der Waals surface area contributed by atoms with Crippen molar-refractivity contribution in [3.63, 3.8) is 0 Å². The normalized spacial score (nSPS) is 10.8. The minimum absolute atomic E-state index is 0.0876. The van der Waals surface area contributed by atoms with Crippen LogP contribution in [0.4, 0.5) is 5.69 Å². The molecular formula is C16H15N3O5S. The number of nitro benzene ring substituents is 1. The predicted molar refractivity (Wildman–Crippen MR) is 92.1 cm³/mol. The molecule has 0 unspecified atom stereocenters. The maximum Gasteiger partial charge on any atom is 0.348 e. The molecule has 0 spiro atoms. The predicted octanol–water partition coefficient (Wildman–Crippen LogP) is 3.22. The maximum absolute atomic E-state index is 12.3. The van der Waals surface area contributed by atoms with Crippen molar-refractivity contribution in [2.24, 2.45) is 7.05 Å². The minimum Gasteiger partial charge on any atom is -0.496 e. The lowest BCUT2D eigenvalue weighted by Crippen LogP contribution is -2.05. The number of non-ortho nitro benzene ring substituents is 1. The van der Waals surface area contributed by atoms with Gasteiger partial charge in [-0.25, -0.2) is 4.79 Å². The van der Waals surface area contributed by atoms with Gasteiger partial charge in [-0.1, -0.05) is 0 Å². The second-order valence-electron chi connectivity index (χ2n) is 5.37. The van der Waals surface area contributed by atoms with Crippen molar-refractivity contribution in [2.75, 3.05) is 7.11 Å². The summed E-state index contributed by atoms with van der Waals surface area (Å²) in [7, 11) is 3.27. The van der Waals surface area contributed by atoms with Crippen LogP contribution in [0.5, 0.6) is 5.75 Å². The topological polar surface area (TPSA) is 96.5 Å². The molecule has 0 bridgehead atoms. The summed E-state index contributed by atoms with van der Waals surface area (Å²) < 4.78 is 12.2. The quantitative estimate of drug-likeness (QED) is 0.393. The molecule has 0 radical (unpaired) electrons. The summed E-state index contributed by atoms with van der Waals surface area (Å²) in [5, 5.41) is 16.1. The van der Waals surface area contributed by atoms with Crippen LogP contribution in [0.3, 0.4) is 0 Å². The number of fused-ring (bicyclic) bond motifs is 1. The zero-order chi connectivity index (χ0) is 18.1. The minimum atomic E-state index is -0.507. The summed E-state index contributed by atoms with van der Waals surface area (Å²) in [6, 6.07) is 5.90. The number of aromatic nitrogens is 2. The molecule has 0 saturated carbocycles. The van der Waals surface area contributed by atoms with Crippen LogP contribution in [-0.2, 0) is 18.4 Å². The number of ether oxygens (including phenoxy) is 2. The summed E-state index contributed by atoms with van der Waals surface area (Å²) in [6.45, 7) is 1.76. The Kier molecular flexibility index (Phi) is 4.41. The highest BCUT2D eigenvalue weighted by Crippen LogP contribution is 2.29. The molecule has 0 saturated heterocycles. The van der Waals surface area contributed by atoms with Gasteiger partial charge in [-0.2, -0.15) is 5.10 Å². The van der Waals surface area contributed by atoms with E-state index >= 15 is 0 Å². The summed E-state index contributed by atoms with van der Waals surface area (Å²) in [6.07, 6.45) is 0. The maximum atomic E-state index is 12.3. The number of esters is 1. The molecule has 0 fully saturated rings. The third kappa shape index (κ3) is 3.18. The van der Waals surface area contributed by atoms with E-state index in [9.17, 15) is 14.9 Å². The van der Waals surface area contributed by atoms with Crippen molar-refractivity contribution in [3.8, 4) is 5.75 Å². The van der Waals surface area contributed by atoms with Gasteiger partial charge in [-0.15, -0.1) is 11.3 Å². The van der Waals surface area contributed by atoms with E-state index in [2.05, 4.69) is 5.10 Å². The zero-order valence-electron chi connectivity index (χ0n) is 13.8. The SMILES string of the molecule is COc1ccc([N+](=O)[O-])cc1COC(=O)c1cc2c(C)nn(C)c2s1. The van der Waals surface area contributed by atoms with Crippen LogP contribution in [0.15, 0.2) is 24.3 Å². The first-order chi connectivity index (χ1) is 11.9. The smallest absolute Gasteiger partial charge is 0.348 e. The van der Waals surface area contributed by atoms with E-state index in [4.69, 9.17) is 9.47 Å². The highest BCUT2D eigenvalue weighted by molar-refractivity contribution is 7.20. The van der Waals surface area contributed by atoms with E-state index in [0.29, 0.717) is 16.2 Å². The van der Waals surface area contributed by atoms with E-state index in [-0.39, 0.29) is 12.3 Å². The van der Waals surface area contributed by atoms with Gasteiger partial charge in [0.05, 0.1) is 17.7 Å². The van der Waals surface area contributed by atoms with E-state index in [1.54, 1.807) is 10.7 Å². The Balaban J connectivity index is 1.80.